The van der Waals surface area contributed by atoms with Crippen molar-refractivity contribution in [2.75, 3.05) is 13.6 Å². The maximum Gasteiger partial charge on any atom is 0.191 e. The van der Waals surface area contributed by atoms with Gasteiger partial charge in [0.1, 0.15) is 0 Å². The van der Waals surface area contributed by atoms with Crippen LogP contribution in [0.4, 0.5) is 0 Å². The van der Waals surface area contributed by atoms with Gasteiger partial charge < -0.3 is 15.2 Å². The molecule has 1 aliphatic rings. The van der Waals surface area contributed by atoms with Gasteiger partial charge >= 0.3 is 0 Å². The molecule has 2 atom stereocenters. The van der Waals surface area contributed by atoms with Gasteiger partial charge in [0.05, 0.1) is 0 Å². The van der Waals surface area contributed by atoms with Crippen molar-refractivity contribution >= 4 is 5.96 Å². The van der Waals surface area contributed by atoms with E-state index in [1.807, 2.05) is 14.1 Å². The van der Waals surface area contributed by atoms with E-state index in [1.54, 1.807) is 0 Å². The number of likely N-dealkylation sites (tertiary alicyclic amines) is 1. The lowest BCUT2D eigenvalue weighted by Gasteiger charge is -2.38. The molecule has 2 aromatic rings. The van der Waals surface area contributed by atoms with E-state index in [9.17, 15) is 0 Å². The smallest absolute Gasteiger partial charge is 0.191 e. The van der Waals surface area contributed by atoms with Gasteiger partial charge in [-0.3, -0.25) is 9.89 Å². The van der Waals surface area contributed by atoms with E-state index in [1.165, 1.54) is 11.1 Å². The van der Waals surface area contributed by atoms with Crippen LogP contribution < -0.4 is 10.6 Å². The van der Waals surface area contributed by atoms with E-state index < -0.39 is 0 Å². The SMILES string of the molecule is CN=C(NCc1ccn(C)c1)NC1CCN(Cc2ccccc2)C(C)C1. The first-order valence-corrected chi connectivity index (χ1v) is 9.50. The quantitative estimate of drug-likeness (QED) is 0.642. The molecule has 1 aromatic heterocycles. The van der Waals surface area contributed by atoms with Crippen LogP contribution >= 0.6 is 0 Å². The molecule has 5 nitrogen and oxygen atoms in total. The first-order valence-electron chi connectivity index (χ1n) is 9.50. The average molecular weight is 354 g/mol. The van der Waals surface area contributed by atoms with Crippen LogP contribution in [-0.4, -0.2) is 41.1 Å². The third-order valence-electron chi connectivity index (χ3n) is 5.16. The van der Waals surface area contributed by atoms with Gasteiger partial charge in [0.25, 0.3) is 0 Å². The Labute approximate surface area is 157 Å². The van der Waals surface area contributed by atoms with Gasteiger partial charge in [0.2, 0.25) is 0 Å². The highest BCUT2D eigenvalue weighted by Gasteiger charge is 2.25. The minimum absolute atomic E-state index is 0.471. The Kier molecular flexibility index (Phi) is 6.34. The summed E-state index contributed by atoms with van der Waals surface area (Å²) in [5, 5.41) is 7.03. The molecule has 0 bridgehead atoms. The molecule has 1 aromatic carbocycles. The third kappa shape index (κ3) is 5.11. The van der Waals surface area contributed by atoms with Gasteiger partial charge in [-0.25, -0.2) is 0 Å². The number of rotatable bonds is 5. The molecule has 1 saturated heterocycles. The normalized spacial score (nSPS) is 21.6. The number of hydrogen-bond acceptors (Lipinski definition) is 2. The van der Waals surface area contributed by atoms with E-state index in [0.717, 1.165) is 38.4 Å². The third-order valence-corrected chi connectivity index (χ3v) is 5.16. The summed E-state index contributed by atoms with van der Waals surface area (Å²) in [6.07, 6.45) is 6.48. The standard InChI is InChI=1S/C21H31N5/c1-17-13-20(10-12-26(17)16-18-7-5-4-6-8-18)24-21(22-2)23-14-19-9-11-25(3)15-19/h4-9,11,15,17,20H,10,12-14,16H2,1-3H3,(H2,22,23,24). The Morgan fingerprint density at radius 1 is 1.19 bits per heavy atom. The average Bonchev–Trinajstić information content (AvgIpc) is 3.07. The minimum atomic E-state index is 0.471. The van der Waals surface area contributed by atoms with Gasteiger partial charge in [-0.15, -0.1) is 0 Å². The Morgan fingerprint density at radius 3 is 2.65 bits per heavy atom. The number of aliphatic imine (C=N–C) groups is 1. The fourth-order valence-corrected chi connectivity index (χ4v) is 3.64. The first-order chi connectivity index (χ1) is 12.6. The largest absolute Gasteiger partial charge is 0.357 e. The topological polar surface area (TPSA) is 44.6 Å². The lowest BCUT2D eigenvalue weighted by Crippen LogP contribution is -2.51. The monoisotopic (exact) mass is 353 g/mol. The van der Waals surface area contributed by atoms with E-state index in [0.29, 0.717) is 12.1 Å². The number of guanidine groups is 1. The maximum atomic E-state index is 4.39. The van der Waals surface area contributed by atoms with Gasteiger partial charge in [-0.1, -0.05) is 30.3 Å². The zero-order chi connectivity index (χ0) is 18.4. The van der Waals surface area contributed by atoms with E-state index in [4.69, 9.17) is 0 Å². The summed E-state index contributed by atoms with van der Waals surface area (Å²) >= 11 is 0. The molecule has 5 heteroatoms. The molecule has 0 saturated carbocycles. The van der Waals surface area contributed by atoms with Gasteiger partial charge in [0.15, 0.2) is 5.96 Å². The number of benzene rings is 1. The number of aromatic nitrogens is 1. The second-order valence-electron chi connectivity index (χ2n) is 7.28. The zero-order valence-electron chi connectivity index (χ0n) is 16.2. The summed E-state index contributed by atoms with van der Waals surface area (Å²) < 4.78 is 2.07. The minimum Gasteiger partial charge on any atom is -0.357 e. The highest BCUT2D eigenvalue weighted by molar-refractivity contribution is 5.79. The number of piperidine rings is 1. The molecule has 1 aliphatic heterocycles. The van der Waals surface area contributed by atoms with E-state index >= 15 is 0 Å². The first kappa shape index (κ1) is 18.5. The van der Waals surface area contributed by atoms with E-state index in [2.05, 4.69) is 80.8 Å². The molecule has 1 fully saturated rings. The fourth-order valence-electron chi connectivity index (χ4n) is 3.64. The molecule has 3 rings (SSSR count). The van der Waals surface area contributed by atoms with Crippen molar-refractivity contribution in [2.24, 2.45) is 12.0 Å². The van der Waals surface area contributed by atoms with Crippen LogP contribution in [0.25, 0.3) is 0 Å². The van der Waals surface area contributed by atoms with Crippen molar-refractivity contribution in [3.05, 3.63) is 59.9 Å². The molecule has 0 aliphatic carbocycles. The van der Waals surface area contributed by atoms with Crippen molar-refractivity contribution < 1.29 is 0 Å². The highest BCUT2D eigenvalue weighted by atomic mass is 15.2. The van der Waals surface area contributed by atoms with Crippen LogP contribution in [0, 0.1) is 0 Å². The van der Waals surface area contributed by atoms with Crippen LogP contribution in [0.1, 0.15) is 30.9 Å². The predicted octanol–water partition coefficient (Wildman–Crippen LogP) is 2.74. The molecule has 0 spiro atoms. The number of aryl methyl sites for hydroxylation is 1. The van der Waals surface area contributed by atoms with Crippen LogP contribution in [0.5, 0.6) is 0 Å². The van der Waals surface area contributed by atoms with Crippen LogP contribution in [0.2, 0.25) is 0 Å². The molecule has 2 N–H and O–H groups in total. The Bertz CT molecular complexity index is 706. The van der Waals surface area contributed by atoms with Crippen molar-refractivity contribution in [3.8, 4) is 0 Å². The molecule has 0 radical (unpaired) electrons. The molecule has 2 unspecified atom stereocenters. The van der Waals surface area contributed by atoms with Crippen LogP contribution in [-0.2, 0) is 20.1 Å². The lowest BCUT2D eigenvalue weighted by molar-refractivity contribution is 0.134. The number of nitrogens with zero attached hydrogens (tertiary/aromatic N) is 3. The van der Waals surface area contributed by atoms with Crippen LogP contribution in [0.3, 0.4) is 0 Å². The Balaban J connectivity index is 1.46. The summed E-state index contributed by atoms with van der Waals surface area (Å²) in [4.78, 5) is 6.97. The molecule has 0 amide bonds. The predicted molar refractivity (Wildman–Crippen MR) is 108 cm³/mol. The second kappa shape index (κ2) is 8.90. The molecular weight excluding hydrogens is 322 g/mol. The fraction of sp³-hybridized carbons (Fsp3) is 0.476. The second-order valence-corrected chi connectivity index (χ2v) is 7.28. The number of nitrogens with one attached hydrogen (secondary N) is 2. The highest BCUT2D eigenvalue weighted by Crippen LogP contribution is 2.19. The van der Waals surface area contributed by atoms with Gasteiger partial charge in [-0.2, -0.15) is 0 Å². The summed E-state index contributed by atoms with van der Waals surface area (Å²) in [5.74, 6) is 0.891. The molecular formula is C21H31N5. The van der Waals surface area contributed by atoms with Crippen molar-refractivity contribution in [1.82, 2.24) is 20.1 Å². The zero-order valence-corrected chi connectivity index (χ0v) is 16.2. The summed E-state index contributed by atoms with van der Waals surface area (Å²) in [6, 6.07) is 13.9. The van der Waals surface area contributed by atoms with E-state index in [-0.39, 0.29) is 0 Å². The van der Waals surface area contributed by atoms with Crippen LogP contribution in [0.15, 0.2) is 53.8 Å². The number of hydrogen-bond donors (Lipinski definition) is 2. The maximum absolute atomic E-state index is 4.39. The lowest BCUT2D eigenvalue weighted by atomic mass is 9.97. The summed E-state index contributed by atoms with van der Waals surface area (Å²) in [5.41, 5.74) is 2.66. The Hall–Kier alpha value is -2.27. The molecule has 26 heavy (non-hydrogen) atoms. The molecule has 140 valence electrons. The summed E-state index contributed by atoms with van der Waals surface area (Å²) in [7, 11) is 3.88. The Morgan fingerprint density at radius 2 is 2.00 bits per heavy atom. The molecule has 2 heterocycles. The van der Waals surface area contributed by atoms with Gasteiger partial charge in [-0.05, 0) is 37.0 Å². The van der Waals surface area contributed by atoms with Crippen molar-refractivity contribution in [1.29, 1.82) is 0 Å². The van der Waals surface area contributed by atoms with Gasteiger partial charge in [0, 0.05) is 58.2 Å². The van der Waals surface area contributed by atoms with Crippen molar-refractivity contribution in [3.63, 3.8) is 0 Å². The summed E-state index contributed by atoms with van der Waals surface area (Å²) in [6.45, 7) is 5.28. The van der Waals surface area contributed by atoms with Crippen molar-refractivity contribution in [2.45, 2.75) is 44.9 Å².